The summed E-state index contributed by atoms with van der Waals surface area (Å²) in [6.07, 6.45) is 0.315. The maximum atomic E-state index is 13.2. The average molecular weight is 417 g/mol. The minimum absolute atomic E-state index is 0.129. The standard InChI is InChI=1S/C20H23N3O5S/c1-3-22(16-7-5-4-6-8-16)29(27,28)17-9-10-18(19(13-17)23(25)26)21-12-11-20(24)15(2)14-21/h4-10,13,15H,3,11-12,14H2,1-2H3. The number of sulfonamides is 1. The third kappa shape index (κ3) is 4.09. The maximum absolute atomic E-state index is 13.2. The van der Waals surface area contributed by atoms with E-state index in [1.807, 2.05) is 0 Å². The molecule has 1 atom stereocenters. The van der Waals surface area contributed by atoms with Crippen molar-refractivity contribution in [2.75, 3.05) is 28.8 Å². The number of para-hydroxylation sites is 1. The third-order valence-electron chi connectivity index (χ3n) is 5.08. The second-order valence-electron chi connectivity index (χ2n) is 6.98. The zero-order chi connectivity index (χ0) is 21.2. The van der Waals surface area contributed by atoms with Crippen LogP contribution in [0.3, 0.4) is 0 Å². The number of Topliss-reactive ketones (excluding diaryl/α,β-unsaturated/α-hetero) is 1. The van der Waals surface area contributed by atoms with E-state index in [2.05, 4.69) is 0 Å². The van der Waals surface area contributed by atoms with Crippen LogP contribution < -0.4 is 9.21 Å². The van der Waals surface area contributed by atoms with E-state index >= 15 is 0 Å². The van der Waals surface area contributed by atoms with Crippen molar-refractivity contribution < 1.29 is 18.1 Å². The lowest BCUT2D eigenvalue weighted by molar-refractivity contribution is -0.384. The molecule has 8 nitrogen and oxygen atoms in total. The van der Waals surface area contributed by atoms with Crippen molar-refractivity contribution >= 4 is 32.9 Å². The molecule has 3 rings (SSSR count). The van der Waals surface area contributed by atoms with Gasteiger partial charge in [-0.25, -0.2) is 8.42 Å². The lowest BCUT2D eigenvalue weighted by atomic mass is 9.98. The van der Waals surface area contributed by atoms with Gasteiger partial charge < -0.3 is 4.90 Å². The Kier molecular flexibility index (Phi) is 5.88. The number of carbonyl (C=O) groups excluding carboxylic acids is 1. The summed E-state index contributed by atoms with van der Waals surface area (Å²) in [7, 11) is -3.97. The van der Waals surface area contributed by atoms with Gasteiger partial charge in [0.2, 0.25) is 0 Å². The summed E-state index contributed by atoms with van der Waals surface area (Å²) < 4.78 is 27.5. The minimum atomic E-state index is -3.97. The zero-order valence-electron chi connectivity index (χ0n) is 16.3. The maximum Gasteiger partial charge on any atom is 0.293 e. The summed E-state index contributed by atoms with van der Waals surface area (Å²) in [6.45, 7) is 4.43. The Morgan fingerprint density at radius 2 is 1.90 bits per heavy atom. The summed E-state index contributed by atoms with van der Waals surface area (Å²) in [5.41, 5.74) is 0.540. The van der Waals surface area contributed by atoms with Gasteiger partial charge in [0.1, 0.15) is 11.5 Å². The molecule has 1 fully saturated rings. The second kappa shape index (κ2) is 8.20. The molecule has 2 aromatic rings. The molecule has 1 unspecified atom stereocenters. The lowest BCUT2D eigenvalue weighted by Crippen LogP contribution is -2.40. The van der Waals surface area contributed by atoms with Crippen LogP contribution in [0.15, 0.2) is 53.4 Å². The van der Waals surface area contributed by atoms with Gasteiger partial charge in [0.05, 0.1) is 15.5 Å². The Morgan fingerprint density at radius 1 is 1.21 bits per heavy atom. The number of nitro benzene ring substituents is 1. The van der Waals surface area contributed by atoms with Crippen LogP contribution in [0.4, 0.5) is 17.1 Å². The zero-order valence-corrected chi connectivity index (χ0v) is 17.1. The van der Waals surface area contributed by atoms with Crippen LogP contribution in [0.5, 0.6) is 0 Å². The Balaban J connectivity index is 2.02. The van der Waals surface area contributed by atoms with Gasteiger partial charge in [0.25, 0.3) is 15.7 Å². The van der Waals surface area contributed by atoms with Gasteiger partial charge in [0, 0.05) is 38.0 Å². The molecule has 0 radical (unpaired) electrons. The SMILES string of the molecule is CCN(c1ccccc1)S(=O)(=O)c1ccc(N2CCC(=O)C(C)C2)c([N+](=O)[O-])c1. The molecule has 0 bridgehead atoms. The lowest BCUT2D eigenvalue weighted by Gasteiger charge is -2.31. The molecule has 0 saturated carbocycles. The molecule has 29 heavy (non-hydrogen) atoms. The Bertz CT molecular complexity index is 1020. The largest absolute Gasteiger partial charge is 0.365 e. The molecule has 154 valence electrons. The van der Waals surface area contributed by atoms with Crippen molar-refractivity contribution in [1.29, 1.82) is 0 Å². The van der Waals surface area contributed by atoms with Gasteiger partial charge in [0.15, 0.2) is 0 Å². The molecular formula is C20H23N3O5S. The average Bonchev–Trinajstić information content (AvgIpc) is 2.70. The van der Waals surface area contributed by atoms with E-state index in [4.69, 9.17) is 0 Å². The van der Waals surface area contributed by atoms with Gasteiger partial charge in [-0.15, -0.1) is 0 Å². The fourth-order valence-electron chi connectivity index (χ4n) is 3.52. The van der Waals surface area contributed by atoms with Crippen LogP contribution in [-0.4, -0.2) is 38.8 Å². The number of ketones is 1. The Morgan fingerprint density at radius 3 is 2.48 bits per heavy atom. The van der Waals surface area contributed by atoms with Crippen molar-refractivity contribution in [2.45, 2.75) is 25.2 Å². The topological polar surface area (TPSA) is 101 Å². The molecule has 0 aromatic heterocycles. The fourth-order valence-corrected chi connectivity index (χ4v) is 5.02. The highest BCUT2D eigenvalue weighted by Gasteiger charge is 2.31. The molecule has 0 spiro atoms. The number of nitrogens with zero attached hydrogens (tertiary/aromatic N) is 3. The number of piperidine rings is 1. The predicted molar refractivity (Wildman–Crippen MR) is 111 cm³/mol. The first-order valence-electron chi connectivity index (χ1n) is 9.39. The molecule has 1 aliphatic rings. The van der Waals surface area contributed by atoms with Crippen LogP contribution in [0, 0.1) is 16.0 Å². The first-order chi connectivity index (χ1) is 13.8. The van der Waals surface area contributed by atoms with Gasteiger partial charge in [-0.1, -0.05) is 25.1 Å². The molecule has 1 aliphatic heterocycles. The Hall–Kier alpha value is -2.94. The smallest absolute Gasteiger partial charge is 0.293 e. The van der Waals surface area contributed by atoms with Crippen molar-refractivity contribution in [1.82, 2.24) is 0 Å². The normalized spacial score (nSPS) is 17.2. The van der Waals surface area contributed by atoms with Gasteiger partial charge in [-0.05, 0) is 31.2 Å². The molecule has 0 N–H and O–H groups in total. The molecule has 1 saturated heterocycles. The van der Waals surface area contributed by atoms with Crippen molar-refractivity contribution in [3.8, 4) is 0 Å². The number of rotatable bonds is 6. The third-order valence-corrected chi connectivity index (χ3v) is 6.97. The molecule has 0 amide bonds. The highest BCUT2D eigenvalue weighted by molar-refractivity contribution is 7.92. The number of benzene rings is 2. The number of hydrogen-bond donors (Lipinski definition) is 0. The van der Waals surface area contributed by atoms with E-state index < -0.39 is 14.9 Å². The van der Waals surface area contributed by atoms with Crippen LogP contribution in [-0.2, 0) is 14.8 Å². The number of carbonyl (C=O) groups is 1. The van der Waals surface area contributed by atoms with E-state index in [1.165, 1.54) is 16.4 Å². The van der Waals surface area contributed by atoms with E-state index in [1.54, 1.807) is 49.1 Å². The van der Waals surface area contributed by atoms with E-state index in [-0.39, 0.29) is 28.8 Å². The summed E-state index contributed by atoms with van der Waals surface area (Å²) >= 11 is 0. The number of hydrogen-bond acceptors (Lipinski definition) is 6. The first-order valence-corrected chi connectivity index (χ1v) is 10.8. The predicted octanol–water partition coefficient (Wildman–Crippen LogP) is 3.23. The molecule has 2 aromatic carbocycles. The molecule has 1 heterocycles. The van der Waals surface area contributed by atoms with Crippen molar-refractivity contribution in [3.63, 3.8) is 0 Å². The molecular weight excluding hydrogens is 394 g/mol. The number of anilines is 2. The van der Waals surface area contributed by atoms with Gasteiger partial charge >= 0.3 is 0 Å². The summed E-state index contributed by atoms with van der Waals surface area (Å²) in [6, 6.07) is 12.6. The van der Waals surface area contributed by atoms with E-state index in [9.17, 15) is 23.3 Å². The van der Waals surface area contributed by atoms with Crippen LogP contribution >= 0.6 is 0 Å². The highest BCUT2D eigenvalue weighted by Crippen LogP contribution is 2.34. The van der Waals surface area contributed by atoms with E-state index in [0.29, 0.717) is 30.9 Å². The summed E-state index contributed by atoms with van der Waals surface area (Å²) in [5.74, 6) is -0.0926. The van der Waals surface area contributed by atoms with Gasteiger partial charge in [-0.2, -0.15) is 0 Å². The monoisotopic (exact) mass is 417 g/mol. The fraction of sp³-hybridized carbons (Fsp3) is 0.350. The quantitative estimate of drug-likeness (QED) is 0.528. The minimum Gasteiger partial charge on any atom is -0.365 e. The van der Waals surface area contributed by atoms with Crippen LogP contribution in [0.25, 0.3) is 0 Å². The van der Waals surface area contributed by atoms with Gasteiger partial charge in [-0.3, -0.25) is 19.2 Å². The summed E-state index contributed by atoms with van der Waals surface area (Å²) in [4.78, 5) is 24.5. The molecule has 0 aliphatic carbocycles. The van der Waals surface area contributed by atoms with Crippen LogP contribution in [0.1, 0.15) is 20.3 Å². The second-order valence-corrected chi connectivity index (χ2v) is 8.84. The molecule has 9 heteroatoms. The Labute approximate surface area is 169 Å². The van der Waals surface area contributed by atoms with E-state index in [0.717, 1.165) is 6.07 Å². The number of nitro groups is 1. The summed E-state index contributed by atoms with van der Waals surface area (Å²) in [5, 5.41) is 11.7. The first kappa shape index (κ1) is 20.8. The van der Waals surface area contributed by atoms with Crippen LogP contribution in [0.2, 0.25) is 0 Å². The van der Waals surface area contributed by atoms with Crippen molar-refractivity contribution in [3.05, 3.63) is 58.6 Å². The highest BCUT2D eigenvalue weighted by atomic mass is 32.2. The van der Waals surface area contributed by atoms with Crippen molar-refractivity contribution in [2.24, 2.45) is 5.92 Å².